The molecule has 0 aliphatic carbocycles. The molecule has 1 aromatic rings. The Hall–Kier alpha value is -2.08. The van der Waals surface area contributed by atoms with Gasteiger partial charge in [-0.05, 0) is 45.1 Å². The number of methoxy groups -OCH3 is 1. The molecule has 0 N–H and O–H groups in total. The van der Waals surface area contributed by atoms with Crippen LogP contribution in [0.5, 0.6) is 5.75 Å². The highest BCUT2D eigenvalue weighted by molar-refractivity contribution is 6.29. The van der Waals surface area contributed by atoms with Gasteiger partial charge in [-0.2, -0.15) is 0 Å². The molecule has 25 heavy (non-hydrogen) atoms. The summed E-state index contributed by atoms with van der Waals surface area (Å²) < 4.78 is 15.8. The van der Waals surface area contributed by atoms with Gasteiger partial charge >= 0.3 is 11.9 Å². The Labute approximate surface area is 150 Å². The summed E-state index contributed by atoms with van der Waals surface area (Å²) in [5, 5.41) is 0. The Bertz CT molecular complexity index is 587. The van der Waals surface area contributed by atoms with Crippen LogP contribution in [0.4, 0.5) is 0 Å². The lowest BCUT2D eigenvalue weighted by molar-refractivity contribution is -0.183. The predicted octanol–water partition coefficient (Wildman–Crippen LogP) is 2.60. The van der Waals surface area contributed by atoms with Crippen molar-refractivity contribution in [3.63, 3.8) is 0 Å². The normalized spacial score (nSPS) is 14.5. The van der Waals surface area contributed by atoms with Crippen LogP contribution in [0.1, 0.15) is 32.8 Å². The monoisotopic (exact) mass is 351 g/mol. The molecule has 0 aliphatic heterocycles. The number of esters is 2. The van der Waals surface area contributed by atoms with Crippen LogP contribution in [0.15, 0.2) is 24.3 Å². The maximum atomic E-state index is 12.3. The molecular formula is C19H29NO5. The highest BCUT2D eigenvalue weighted by Crippen LogP contribution is 2.39. The lowest BCUT2D eigenvalue weighted by Gasteiger charge is -2.39. The SMILES string of the molecule is CCOC(=O)C(=O)O[C@@](CC)(c1cccc(OC)c1)[C@@H](C)CN(C)C. The third kappa shape index (κ3) is 5.19. The first-order valence-corrected chi connectivity index (χ1v) is 8.50. The molecule has 2 atom stereocenters. The van der Waals surface area contributed by atoms with Gasteiger partial charge in [0.25, 0.3) is 0 Å². The number of ether oxygens (including phenoxy) is 3. The summed E-state index contributed by atoms with van der Waals surface area (Å²) in [5.74, 6) is -1.34. The number of carbonyl (C=O) groups excluding carboxylic acids is 2. The molecule has 1 rings (SSSR count). The van der Waals surface area contributed by atoms with Crippen molar-refractivity contribution in [1.29, 1.82) is 0 Å². The van der Waals surface area contributed by atoms with E-state index in [-0.39, 0.29) is 12.5 Å². The topological polar surface area (TPSA) is 65.1 Å². The predicted molar refractivity (Wildman–Crippen MR) is 95.4 cm³/mol. The highest BCUT2D eigenvalue weighted by atomic mass is 16.6. The molecule has 0 fully saturated rings. The van der Waals surface area contributed by atoms with Crippen LogP contribution >= 0.6 is 0 Å². The summed E-state index contributed by atoms with van der Waals surface area (Å²) in [6, 6.07) is 7.40. The first kappa shape index (κ1) is 21.0. The molecule has 0 saturated carbocycles. The molecule has 0 heterocycles. The fourth-order valence-corrected chi connectivity index (χ4v) is 3.05. The second-order valence-electron chi connectivity index (χ2n) is 6.25. The van der Waals surface area contributed by atoms with E-state index >= 15 is 0 Å². The van der Waals surface area contributed by atoms with Gasteiger partial charge in [0.15, 0.2) is 0 Å². The van der Waals surface area contributed by atoms with Gasteiger partial charge in [0.05, 0.1) is 13.7 Å². The number of nitrogens with zero attached hydrogens (tertiary/aromatic N) is 1. The maximum Gasteiger partial charge on any atom is 0.418 e. The van der Waals surface area contributed by atoms with E-state index in [0.717, 1.165) is 5.56 Å². The molecule has 140 valence electrons. The van der Waals surface area contributed by atoms with Crippen LogP contribution in [-0.2, 0) is 24.7 Å². The molecule has 0 amide bonds. The molecule has 0 aromatic heterocycles. The first-order chi connectivity index (χ1) is 11.8. The number of hydrogen-bond donors (Lipinski definition) is 0. The molecule has 0 bridgehead atoms. The van der Waals surface area contributed by atoms with Gasteiger partial charge in [-0.3, -0.25) is 0 Å². The highest BCUT2D eigenvalue weighted by Gasteiger charge is 2.42. The summed E-state index contributed by atoms with van der Waals surface area (Å²) >= 11 is 0. The lowest BCUT2D eigenvalue weighted by Crippen LogP contribution is -2.44. The average molecular weight is 351 g/mol. The maximum absolute atomic E-state index is 12.3. The molecule has 0 unspecified atom stereocenters. The van der Waals surface area contributed by atoms with Crippen LogP contribution in [-0.4, -0.2) is 51.2 Å². The van der Waals surface area contributed by atoms with Crippen LogP contribution < -0.4 is 4.74 Å². The van der Waals surface area contributed by atoms with E-state index in [0.29, 0.717) is 18.7 Å². The zero-order valence-corrected chi connectivity index (χ0v) is 16.0. The van der Waals surface area contributed by atoms with Crippen molar-refractivity contribution in [3.8, 4) is 5.75 Å². The van der Waals surface area contributed by atoms with E-state index in [1.54, 1.807) is 14.0 Å². The van der Waals surface area contributed by atoms with Gasteiger partial charge in [0.1, 0.15) is 11.4 Å². The fraction of sp³-hybridized carbons (Fsp3) is 0.579. The number of benzene rings is 1. The summed E-state index contributed by atoms with van der Waals surface area (Å²) in [4.78, 5) is 26.1. The van der Waals surface area contributed by atoms with E-state index in [9.17, 15) is 9.59 Å². The molecule has 0 spiro atoms. The van der Waals surface area contributed by atoms with E-state index in [2.05, 4.69) is 0 Å². The van der Waals surface area contributed by atoms with E-state index in [4.69, 9.17) is 14.2 Å². The molecule has 0 aliphatic rings. The van der Waals surface area contributed by atoms with Crippen LogP contribution in [0.25, 0.3) is 0 Å². The Balaban J connectivity index is 3.32. The molecule has 1 aromatic carbocycles. The zero-order valence-electron chi connectivity index (χ0n) is 16.0. The Morgan fingerprint density at radius 3 is 2.40 bits per heavy atom. The number of rotatable bonds is 8. The first-order valence-electron chi connectivity index (χ1n) is 8.50. The summed E-state index contributed by atoms with van der Waals surface area (Å²) in [6.45, 7) is 6.39. The summed E-state index contributed by atoms with van der Waals surface area (Å²) in [5.41, 5.74) is -0.163. The quantitative estimate of drug-likeness (QED) is 0.530. The van der Waals surface area contributed by atoms with Crippen molar-refractivity contribution in [1.82, 2.24) is 4.90 Å². The second kappa shape index (κ2) is 9.42. The Morgan fingerprint density at radius 2 is 1.88 bits per heavy atom. The van der Waals surface area contributed by atoms with Crippen molar-refractivity contribution in [3.05, 3.63) is 29.8 Å². The van der Waals surface area contributed by atoms with E-state index in [1.807, 2.05) is 57.1 Å². The van der Waals surface area contributed by atoms with E-state index in [1.165, 1.54) is 0 Å². The van der Waals surface area contributed by atoms with Gasteiger partial charge in [0, 0.05) is 12.5 Å². The van der Waals surface area contributed by atoms with Crippen molar-refractivity contribution in [2.45, 2.75) is 32.8 Å². The molecule has 0 saturated heterocycles. The minimum absolute atomic E-state index is 0.0574. The van der Waals surface area contributed by atoms with Crippen molar-refractivity contribution >= 4 is 11.9 Å². The Kier molecular flexibility index (Phi) is 7.90. The molecule has 6 heteroatoms. The van der Waals surface area contributed by atoms with Crippen molar-refractivity contribution in [2.75, 3.05) is 34.4 Å². The Morgan fingerprint density at radius 1 is 1.20 bits per heavy atom. The van der Waals surface area contributed by atoms with Crippen LogP contribution in [0.2, 0.25) is 0 Å². The van der Waals surface area contributed by atoms with Crippen LogP contribution in [0, 0.1) is 5.92 Å². The largest absolute Gasteiger partial charge is 0.497 e. The lowest BCUT2D eigenvalue weighted by atomic mass is 9.79. The van der Waals surface area contributed by atoms with Gasteiger partial charge < -0.3 is 19.1 Å². The molecular weight excluding hydrogens is 322 g/mol. The van der Waals surface area contributed by atoms with Gasteiger partial charge in [-0.25, -0.2) is 9.59 Å². The minimum atomic E-state index is -0.975. The third-order valence-corrected chi connectivity index (χ3v) is 4.24. The zero-order chi connectivity index (χ0) is 19.0. The van der Waals surface area contributed by atoms with Gasteiger partial charge in [-0.15, -0.1) is 0 Å². The number of carbonyl (C=O) groups is 2. The minimum Gasteiger partial charge on any atom is -0.497 e. The van der Waals surface area contributed by atoms with Gasteiger partial charge in [0.2, 0.25) is 0 Å². The smallest absolute Gasteiger partial charge is 0.418 e. The summed E-state index contributed by atoms with van der Waals surface area (Å²) in [6.07, 6.45) is 0.514. The molecule has 0 radical (unpaired) electrons. The third-order valence-electron chi connectivity index (χ3n) is 4.24. The van der Waals surface area contributed by atoms with E-state index < -0.39 is 17.5 Å². The molecule has 6 nitrogen and oxygen atoms in total. The fourth-order valence-electron chi connectivity index (χ4n) is 3.05. The standard InChI is InChI=1S/C19H29NO5/c1-7-19(14(3)13-20(4)5,25-18(22)17(21)24-8-2)15-10-9-11-16(12-15)23-6/h9-12,14H,7-8,13H2,1-6H3/t14-,19+/m0/s1. The van der Waals surface area contributed by atoms with Crippen molar-refractivity contribution < 1.29 is 23.8 Å². The van der Waals surface area contributed by atoms with Crippen LogP contribution in [0.3, 0.4) is 0 Å². The van der Waals surface area contributed by atoms with Crippen molar-refractivity contribution in [2.24, 2.45) is 5.92 Å². The summed E-state index contributed by atoms with van der Waals surface area (Å²) in [7, 11) is 5.49. The second-order valence-corrected chi connectivity index (χ2v) is 6.25. The average Bonchev–Trinajstić information content (AvgIpc) is 2.59. The van der Waals surface area contributed by atoms with Gasteiger partial charge in [-0.1, -0.05) is 26.0 Å². The number of hydrogen-bond acceptors (Lipinski definition) is 6.